The SMILES string of the molecule is CCCC(NC(=O)CC(OC)C(NC)C(C)CC)C(OC)C(C)C(=O)NC1N=CS1. The fourth-order valence-corrected chi connectivity index (χ4v) is 4.27. The molecule has 7 atom stereocenters. The Labute approximate surface area is 185 Å². The molecule has 0 spiro atoms. The van der Waals surface area contributed by atoms with Gasteiger partial charge in [-0.15, -0.1) is 0 Å². The zero-order chi connectivity index (χ0) is 22.7. The summed E-state index contributed by atoms with van der Waals surface area (Å²) in [4.78, 5) is 29.5. The molecule has 1 aliphatic heterocycles. The molecule has 8 nitrogen and oxygen atoms in total. The van der Waals surface area contributed by atoms with Crippen LogP contribution >= 0.6 is 11.8 Å². The van der Waals surface area contributed by atoms with Gasteiger partial charge in [-0.25, -0.2) is 0 Å². The molecule has 0 saturated heterocycles. The van der Waals surface area contributed by atoms with Crippen molar-refractivity contribution in [2.45, 2.75) is 83.2 Å². The highest BCUT2D eigenvalue weighted by molar-refractivity contribution is 8.14. The third-order valence-electron chi connectivity index (χ3n) is 5.85. The summed E-state index contributed by atoms with van der Waals surface area (Å²) in [6.45, 7) is 8.15. The van der Waals surface area contributed by atoms with Gasteiger partial charge in [-0.3, -0.25) is 14.6 Å². The van der Waals surface area contributed by atoms with E-state index >= 15 is 0 Å². The Bertz CT molecular complexity index is 563. The predicted octanol–water partition coefficient (Wildman–Crippen LogP) is 2.14. The van der Waals surface area contributed by atoms with Gasteiger partial charge in [0.1, 0.15) is 0 Å². The molecule has 9 heteroatoms. The molecule has 7 unspecified atom stereocenters. The maximum absolute atomic E-state index is 12.9. The monoisotopic (exact) mass is 444 g/mol. The molecular formula is C21H40N4O4S. The number of hydrogen-bond acceptors (Lipinski definition) is 7. The quantitative estimate of drug-likeness (QED) is 0.358. The highest BCUT2D eigenvalue weighted by Gasteiger charge is 2.34. The Hall–Kier alpha value is -1.16. The van der Waals surface area contributed by atoms with Crippen LogP contribution in [0.15, 0.2) is 4.99 Å². The average Bonchev–Trinajstić information content (AvgIpc) is 2.70. The second-order valence-electron chi connectivity index (χ2n) is 7.88. The van der Waals surface area contributed by atoms with E-state index < -0.39 is 12.0 Å². The number of aliphatic imine (C=N–C) groups is 1. The van der Waals surface area contributed by atoms with E-state index in [-0.39, 0.29) is 41.9 Å². The molecule has 0 aliphatic carbocycles. The van der Waals surface area contributed by atoms with Crippen molar-refractivity contribution in [2.75, 3.05) is 21.3 Å². The highest BCUT2D eigenvalue weighted by atomic mass is 32.2. The summed E-state index contributed by atoms with van der Waals surface area (Å²) in [5.74, 6) is -0.278. The van der Waals surface area contributed by atoms with Crippen molar-refractivity contribution >= 4 is 29.1 Å². The number of rotatable bonds is 15. The molecule has 174 valence electrons. The summed E-state index contributed by atoms with van der Waals surface area (Å²) in [6.07, 6.45) is 2.16. The van der Waals surface area contributed by atoms with Crippen LogP contribution in [0.2, 0.25) is 0 Å². The molecule has 0 aromatic heterocycles. The van der Waals surface area contributed by atoms with E-state index in [1.165, 1.54) is 11.8 Å². The maximum Gasteiger partial charge on any atom is 0.227 e. The fourth-order valence-electron chi connectivity index (χ4n) is 3.84. The van der Waals surface area contributed by atoms with Crippen molar-refractivity contribution in [3.8, 4) is 0 Å². The minimum absolute atomic E-state index is 0.0823. The van der Waals surface area contributed by atoms with Crippen LogP contribution in [0.1, 0.15) is 53.4 Å². The van der Waals surface area contributed by atoms with Crippen LogP contribution in [0.25, 0.3) is 0 Å². The third kappa shape index (κ3) is 7.83. The van der Waals surface area contributed by atoms with Gasteiger partial charge >= 0.3 is 0 Å². The normalized spacial score (nSPS) is 21.6. The number of amides is 2. The van der Waals surface area contributed by atoms with Gasteiger partial charge in [-0.1, -0.05) is 52.3 Å². The zero-order valence-corrected chi connectivity index (χ0v) is 20.3. The molecule has 0 aromatic carbocycles. The van der Waals surface area contributed by atoms with Gasteiger partial charge in [0.05, 0.1) is 36.1 Å². The van der Waals surface area contributed by atoms with Gasteiger partial charge in [0, 0.05) is 20.3 Å². The molecule has 0 aromatic rings. The third-order valence-corrected chi connectivity index (χ3v) is 6.59. The Morgan fingerprint density at radius 2 is 1.87 bits per heavy atom. The molecule has 1 aliphatic rings. The van der Waals surface area contributed by atoms with Crippen LogP contribution in [0.4, 0.5) is 0 Å². The van der Waals surface area contributed by atoms with Gasteiger partial charge in [0.2, 0.25) is 11.8 Å². The van der Waals surface area contributed by atoms with Crippen molar-refractivity contribution in [1.29, 1.82) is 0 Å². The Balaban J connectivity index is 2.79. The van der Waals surface area contributed by atoms with Crippen LogP contribution in [-0.4, -0.2) is 68.4 Å². The number of nitrogens with zero attached hydrogens (tertiary/aromatic N) is 1. The summed E-state index contributed by atoms with van der Waals surface area (Å²) >= 11 is 1.46. The molecule has 0 bridgehead atoms. The molecule has 0 saturated carbocycles. The van der Waals surface area contributed by atoms with Crippen molar-refractivity contribution < 1.29 is 19.1 Å². The summed E-state index contributed by atoms with van der Waals surface area (Å²) in [6, 6.07) is -0.182. The Kier molecular flexibility index (Phi) is 12.5. The molecule has 1 heterocycles. The number of likely N-dealkylation sites (N-methyl/N-ethyl adjacent to an activating group) is 1. The maximum atomic E-state index is 12.9. The number of ether oxygens (including phenoxy) is 2. The first kappa shape index (κ1) is 26.9. The first-order chi connectivity index (χ1) is 14.3. The lowest BCUT2D eigenvalue weighted by Crippen LogP contribution is -2.53. The number of carbonyl (C=O) groups excluding carboxylic acids is 2. The molecular weight excluding hydrogens is 404 g/mol. The zero-order valence-electron chi connectivity index (χ0n) is 19.4. The summed E-state index contributed by atoms with van der Waals surface area (Å²) in [5.41, 5.74) is 1.48. The number of thioether (sulfide) groups is 1. The first-order valence-corrected chi connectivity index (χ1v) is 11.8. The molecule has 30 heavy (non-hydrogen) atoms. The second kappa shape index (κ2) is 14.0. The molecule has 0 radical (unpaired) electrons. The molecule has 2 amide bonds. The lowest BCUT2D eigenvalue weighted by Gasteiger charge is -2.33. The van der Waals surface area contributed by atoms with E-state index in [9.17, 15) is 9.59 Å². The van der Waals surface area contributed by atoms with Gasteiger partial charge in [0.15, 0.2) is 5.50 Å². The van der Waals surface area contributed by atoms with E-state index in [1.54, 1.807) is 19.8 Å². The van der Waals surface area contributed by atoms with Gasteiger partial charge in [-0.05, 0) is 19.4 Å². The number of carbonyl (C=O) groups is 2. The van der Waals surface area contributed by atoms with Crippen molar-refractivity contribution in [2.24, 2.45) is 16.8 Å². The molecule has 3 N–H and O–H groups in total. The van der Waals surface area contributed by atoms with E-state index in [0.29, 0.717) is 5.92 Å². The number of methoxy groups -OCH3 is 2. The van der Waals surface area contributed by atoms with Crippen LogP contribution < -0.4 is 16.0 Å². The number of nitrogens with one attached hydrogen (secondary N) is 3. The minimum Gasteiger partial charge on any atom is -0.379 e. The fraction of sp³-hybridized carbons (Fsp3) is 0.857. The lowest BCUT2D eigenvalue weighted by atomic mass is 9.91. The van der Waals surface area contributed by atoms with Gasteiger partial charge in [-0.2, -0.15) is 0 Å². The van der Waals surface area contributed by atoms with E-state index in [2.05, 4.69) is 34.8 Å². The standard InChI is InChI=1S/C21H40N4O4S/c1-8-10-15(19(29-7)14(4)20(27)25-21-23-12-30-21)24-17(26)11-16(28-6)18(22-5)13(3)9-2/h12-16,18-19,21-22H,8-11H2,1-7H3,(H,24,26)(H,25,27). The van der Waals surface area contributed by atoms with Crippen molar-refractivity contribution in [1.82, 2.24) is 16.0 Å². The summed E-state index contributed by atoms with van der Waals surface area (Å²) in [5, 5.41) is 9.26. The van der Waals surface area contributed by atoms with Gasteiger partial charge in [0.25, 0.3) is 0 Å². The second-order valence-corrected chi connectivity index (χ2v) is 8.81. The largest absolute Gasteiger partial charge is 0.379 e. The molecule has 1 rings (SSSR count). The molecule has 0 fully saturated rings. The van der Waals surface area contributed by atoms with Crippen LogP contribution in [-0.2, 0) is 19.1 Å². The van der Waals surface area contributed by atoms with E-state index in [1.807, 2.05) is 20.9 Å². The first-order valence-electron chi connectivity index (χ1n) is 10.8. The lowest BCUT2D eigenvalue weighted by molar-refractivity contribution is -0.133. The average molecular weight is 445 g/mol. The van der Waals surface area contributed by atoms with Crippen LogP contribution in [0.3, 0.4) is 0 Å². The predicted molar refractivity (Wildman–Crippen MR) is 123 cm³/mol. The Morgan fingerprint density at radius 1 is 1.20 bits per heavy atom. The van der Waals surface area contributed by atoms with Gasteiger partial charge < -0.3 is 25.4 Å². The van der Waals surface area contributed by atoms with E-state index in [0.717, 1.165) is 19.3 Å². The van der Waals surface area contributed by atoms with E-state index in [4.69, 9.17) is 9.47 Å². The van der Waals surface area contributed by atoms with Crippen LogP contribution in [0, 0.1) is 11.8 Å². The van der Waals surface area contributed by atoms with Crippen LogP contribution in [0.5, 0.6) is 0 Å². The topological polar surface area (TPSA) is 101 Å². The van der Waals surface area contributed by atoms with Crippen molar-refractivity contribution in [3.63, 3.8) is 0 Å². The highest BCUT2D eigenvalue weighted by Crippen LogP contribution is 2.21. The summed E-state index contributed by atoms with van der Waals surface area (Å²) in [7, 11) is 5.11. The van der Waals surface area contributed by atoms with Crippen molar-refractivity contribution in [3.05, 3.63) is 0 Å². The number of hydrogen-bond donors (Lipinski definition) is 3. The Morgan fingerprint density at radius 3 is 2.30 bits per heavy atom. The minimum atomic E-state index is -0.432. The smallest absolute Gasteiger partial charge is 0.227 e. The summed E-state index contributed by atoms with van der Waals surface area (Å²) < 4.78 is 11.3.